The molecule has 0 fully saturated rings. The van der Waals surface area contributed by atoms with Crippen molar-refractivity contribution in [3.8, 4) is 5.75 Å². The predicted molar refractivity (Wildman–Crippen MR) is 59.9 cm³/mol. The smallest absolute Gasteiger partial charge is 0.119 e. The minimum Gasteiger partial charge on any atom is -0.497 e. The molecule has 0 bridgehead atoms. The van der Waals surface area contributed by atoms with Crippen molar-refractivity contribution in [3.63, 3.8) is 0 Å². The van der Waals surface area contributed by atoms with Gasteiger partial charge in [-0.15, -0.1) is 0 Å². The fraction of sp³-hybridized carbons (Fsp3) is 0.455. The van der Waals surface area contributed by atoms with E-state index in [0.717, 1.165) is 24.3 Å². The minimum absolute atomic E-state index is 0.937. The van der Waals surface area contributed by atoms with Gasteiger partial charge in [-0.2, -0.15) is 12.6 Å². The standard InChI is InChI=1S/C11H16OS/c1-9-8-11(12-2)6-5-10(9)4-3-7-13/h5-6,8,13H,3-4,7H2,1-2H3. The Morgan fingerprint density at radius 3 is 2.69 bits per heavy atom. The van der Waals surface area contributed by atoms with Crippen LogP contribution in [0.15, 0.2) is 18.2 Å². The van der Waals surface area contributed by atoms with Crippen LogP contribution < -0.4 is 4.74 Å². The molecule has 0 amide bonds. The normalized spacial score (nSPS) is 10.1. The predicted octanol–water partition coefficient (Wildman–Crippen LogP) is 2.87. The molecule has 0 aliphatic heterocycles. The van der Waals surface area contributed by atoms with E-state index >= 15 is 0 Å². The summed E-state index contributed by atoms with van der Waals surface area (Å²) in [5, 5.41) is 0. The molecule has 0 unspecified atom stereocenters. The first-order valence-electron chi connectivity index (χ1n) is 4.52. The summed E-state index contributed by atoms with van der Waals surface area (Å²) in [6, 6.07) is 6.23. The van der Waals surface area contributed by atoms with Crippen LogP contribution in [0.2, 0.25) is 0 Å². The summed E-state index contributed by atoms with van der Waals surface area (Å²) in [4.78, 5) is 0. The summed E-state index contributed by atoms with van der Waals surface area (Å²) in [7, 11) is 1.70. The Balaban J connectivity index is 2.73. The highest BCUT2D eigenvalue weighted by Gasteiger charge is 1.99. The Morgan fingerprint density at radius 1 is 1.38 bits per heavy atom. The van der Waals surface area contributed by atoms with E-state index < -0.39 is 0 Å². The van der Waals surface area contributed by atoms with E-state index in [1.165, 1.54) is 11.1 Å². The Bertz CT molecular complexity index is 271. The molecule has 0 aliphatic rings. The zero-order valence-electron chi connectivity index (χ0n) is 8.21. The van der Waals surface area contributed by atoms with Crippen molar-refractivity contribution in [2.24, 2.45) is 0 Å². The molecule has 0 saturated heterocycles. The third-order valence-electron chi connectivity index (χ3n) is 2.15. The lowest BCUT2D eigenvalue weighted by Gasteiger charge is -2.06. The molecule has 1 aromatic carbocycles. The molecule has 0 spiro atoms. The third-order valence-corrected chi connectivity index (χ3v) is 2.47. The highest BCUT2D eigenvalue weighted by molar-refractivity contribution is 7.80. The van der Waals surface area contributed by atoms with Crippen molar-refractivity contribution in [1.29, 1.82) is 0 Å². The fourth-order valence-corrected chi connectivity index (χ4v) is 1.50. The van der Waals surface area contributed by atoms with Crippen LogP contribution in [0.3, 0.4) is 0 Å². The number of hydrogen-bond donors (Lipinski definition) is 1. The Labute approximate surface area is 85.5 Å². The van der Waals surface area contributed by atoms with E-state index in [-0.39, 0.29) is 0 Å². The van der Waals surface area contributed by atoms with Gasteiger partial charge >= 0.3 is 0 Å². The molecular weight excluding hydrogens is 180 g/mol. The summed E-state index contributed by atoms with van der Waals surface area (Å²) in [6.45, 7) is 2.12. The van der Waals surface area contributed by atoms with Gasteiger partial charge in [-0.05, 0) is 48.8 Å². The van der Waals surface area contributed by atoms with Gasteiger partial charge in [0.25, 0.3) is 0 Å². The molecule has 0 radical (unpaired) electrons. The highest BCUT2D eigenvalue weighted by atomic mass is 32.1. The van der Waals surface area contributed by atoms with Crippen LogP contribution in [0.4, 0.5) is 0 Å². The average Bonchev–Trinajstić information content (AvgIpc) is 2.16. The van der Waals surface area contributed by atoms with E-state index in [2.05, 4.69) is 31.7 Å². The van der Waals surface area contributed by atoms with Crippen molar-refractivity contribution in [3.05, 3.63) is 29.3 Å². The maximum absolute atomic E-state index is 5.14. The van der Waals surface area contributed by atoms with E-state index in [9.17, 15) is 0 Å². The summed E-state index contributed by atoms with van der Waals surface area (Å²) in [6.07, 6.45) is 2.25. The second-order valence-corrected chi connectivity index (χ2v) is 3.57. The number of benzene rings is 1. The quantitative estimate of drug-likeness (QED) is 0.729. The van der Waals surface area contributed by atoms with Crippen LogP contribution in [-0.2, 0) is 6.42 Å². The molecule has 0 aliphatic carbocycles. The van der Waals surface area contributed by atoms with Crippen LogP contribution in [0.1, 0.15) is 17.5 Å². The van der Waals surface area contributed by atoms with Gasteiger partial charge in [0.15, 0.2) is 0 Å². The van der Waals surface area contributed by atoms with Crippen LogP contribution >= 0.6 is 12.6 Å². The monoisotopic (exact) mass is 196 g/mol. The second kappa shape index (κ2) is 5.18. The van der Waals surface area contributed by atoms with Crippen LogP contribution in [0.5, 0.6) is 5.75 Å². The van der Waals surface area contributed by atoms with E-state index in [0.29, 0.717) is 0 Å². The zero-order valence-corrected chi connectivity index (χ0v) is 9.10. The number of methoxy groups -OCH3 is 1. The Hall–Kier alpha value is -0.630. The number of rotatable bonds is 4. The minimum atomic E-state index is 0.937. The molecule has 0 aromatic heterocycles. The van der Waals surface area contributed by atoms with E-state index in [1.807, 2.05) is 6.07 Å². The zero-order chi connectivity index (χ0) is 9.68. The van der Waals surface area contributed by atoms with Crippen molar-refractivity contribution in [2.45, 2.75) is 19.8 Å². The average molecular weight is 196 g/mol. The first kappa shape index (κ1) is 10.5. The van der Waals surface area contributed by atoms with Gasteiger partial charge in [0.1, 0.15) is 5.75 Å². The maximum Gasteiger partial charge on any atom is 0.119 e. The lowest BCUT2D eigenvalue weighted by molar-refractivity contribution is 0.414. The molecule has 0 heterocycles. The summed E-state index contributed by atoms with van der Waals surface area (Å²) in [5.41, 5.74) is 2.70. The number of aryl methyl sites for hydroxylation is 2. The van der Waals surface area contributed by atoms with Gasteiger partial charge in [-0.1, -0.05) is 6.07 Å². The van der Waals surface area contributed by atoms with Gasteiger partial charge in [-0.25, -0.2) is 0 Å². The van der Waals surface area contributed by atoms with Gasteiger partial charge in [-0.3, -0.25) is 0 Å². The van der Waals surface area contributed by atoms with Gasteiger partial charge in [0.05, 0.1) is 7.11 Å². The lowest BCUT2D eigenvalue weighted by atomic mass is 10.0. The van der Waals surface area contributed by atoms with Crippen molar-refractivity contribution in [2.75, 3.05) is 12.9 Å². The van der Waals surface area contributed by atoms with Gasteiger partial charge < -0.3 is 4.74 Å². The SMILES string of the molecule is COc1ccc(CCCS)c(C)c1. The van der Waals surface area contributed by atoms with Crippen molar-refractivity contribution >= 4 is 12.6 Å². The fourth-order valence-electron chi connectivity index (χ4n) is 1.35. The Morgan fingerprint density at radius 2 is 2.15 bits per heavy atom. The first-order valence-corrected chi connectivity index (χ1v) is 5.15. The molecule has 13 heavy (non-hydrogen) atoms. The van der Waals surface area contributed by atoms with E-state index in [1.54, 1.807) is 7.11 Å². The molecule has 72 valence electrons. The number of thiol groups is 1. The lowest BCUT2D eigenvalue weighted by Crippen LogP contribution is -1.92. The summed E-state index contributed by atoms with van der Waals surface area (Å²) in [5.74, 6) is 1.89. The molecule has 1 aromatic rings. The van der Waals surface area contributed by atoms with E-state index in [4.69, 9.17) is 4.74 Å². The second-order valence-electron chi connectivity index (χ2n) is 3.12. The molecule has 1 nitrogen and oxygen atoms in total. The largest absolute Gasteiger partial charge is 0.497 e. The molecule has 0 saturated carbocycles. The summed E-state index contributed by atoms with van der Waals surface area (Å²) >= 11 is 4.20. The Kier molecular flexibility index (Phi) is 4.16. The van der Waals surface area contributed by atoms with Crippen molar-refractivity contribution in [1.82, 2.24) is 0 Å². The topological polar surface area (TPSA) is 9.23 Å². The number of hydrogen-bond acceptors (Lipinski definition) is 2. The third kappa shape index (κ3) is 2.96. The molecule has 1 rings (SSSR count). The number of ether oxygens (including phenoxy) is 1. The van der Waals surface area contributed by atoms with Crippen LogP contribution in [0, 0.1) is 6.92 Å². The molecule has 0 N–H and O–H groups in total. The first-order chi connectivity index (χ1) is 6.27. The molecule has 0 atom stereocenters. The molecule has 2 heteroatoms. The van der Waals surface area contributed by atoms with Gasteiger partial charge in [0.2, 0.25) is 0 Å². The highest BCUT2D eigenvalue weighted by Crippen LogP contribution is 2.17. The maximum atomic E-state index is 5.14. The molecular formula is C11H16OS. The van der Waals surface area contributed by atoms with Crippen LogP contribution in [0.25, 0.3) is 0 Å². The summed E-state index contributed by atoms with van der Waals surface area (Å²) < 4.78 is 5.14. The van der Waals surface area contributed by atoms with Crippen LogP contribution in [-0.4, -0.2) is 12.9 Å². The van der Waals surface area contributed by atoms with Gasteiger partial charge in [0, 0.05) is 0 Å². The van der Waals surface area contributed by atoms with Crippen molar-refractivity contribution < 1.29 is 4.74 Å².